The van der Waals surface area contributed by atoms with Crippen LogP contribution in [-0.2, 0) is 8.85 Å². The molecule has 1 N–H and O–H groups in total. The van der Waals surface area contributed by atoms with Gasteiger partial charge in [-0.05, 0) is 44.1 Å². The molecule has 0 spiro atoms. The van der Waals surface area contributed by atoms with E-state index in [0.717, 1.165) is 6.61 Å². The highest BCUT2D eigenvalue weighted by Gasteiger charge is 2.39. The SMILES string of the molecule is CNC(CO[Si](C)(C)C(C)(C)C)C(C)(C)O[SiH2]C(C)(C)C. The average Bonchev–Trinajstić information content (AvgIpc) is 2.24. The molecule has 3 nitrogen and oxygen atoms in total. The molecule has 0 aromatic heterocycles. The molecule has 5 heteroatoms. The molecule has 0 fully saturated rings. The van der Waals surface area contributed by atoms with Crippen molar-refractivity contribution in [3.05, 3.63) is 0 Å². The van der Waals surface area contributed by atoms with Crippen LogP contribution in [0.5, 0.6) is 0 Å². The predicted octanol–water partition coefficient (Wildman–Crippen LogP) is 3.69. The van der Waals surface area contributed by atoms with Crippen molar-refractivity contribution in [2.45, 2.75) is 90.2 Å². The van der Waals surface area contributed by atoms with E-state index in [-0.39, 0.29) is 16.7 Å². The van der Waals surface area contributed by atoms with E-state index in [0.29, 0.717) is 5.04 Å². The van der Waals surface area contributed by atoms with Crippen LogP contribution >= 0.6 is 0 Å². The fourth-order valence-electron chi connectivity index (χ4n) is 1.64. The molecule has 0 heterocycles. The minimum atomic E-state index is -1.71. The summed E-state index contributed by atoms with van der Waals surface area (Å²) in [6, 6.07) is 0.224. The van der Waals surface area contributed by atoms with E-state index in [1.807, 2.05) is 7.05 Å². The fraction of sp³-hybridized carbons (Fsp3) is 1.00. The van der Waals surface area contributed by atoms with E-state index < -0.39 is 18.1 Å². The van der Waals surface area contributed by atoms with Gasteiger partial charge in [0.05, 0.1) is 18.2 Å². The van der Waals surface area contributed by atoms with E-state index >= 15 is 0 Å². The first kappa shape index (κ1) is 21.3. The highest BCUT2D eigenvalue weighted by Crippen LogP contribution is 2.37. The van der Waals surface area contributed by atoms with Gasteiger partial charge in [0.15, 0.2) is 18.1 Å². The molecule has 0 saturated carbocycles. The van der Waals surface area contributed by atoms with Gasteiger partial charge >= 0.3 is 0 Å². The Morgan fingerprint density at radius 1 is 1.00 bits per heavy atom. The maximum Gasteiger partial charge on any atom is 0.192 e. The summed E-state index contributed by atoms with van der Waals surface area (Å²) in [5, 5.41) is 3.96. The lowest BCUT2D eigenvalue weighted by Gasteiger charge is -2.41. The van der Waals surface area contributed by atoms with Gasteiger partial charge in [0, 0.05) is 0 Å². The smallest absolute Gasteiger partial charge is 0.192 e. The second kappa shape index (κ2) is 7.26. The molecule has 0 radical (unpaired) electrons. The van der Waals surface area contributed by atoms with Crippen molar-refractivity contribution in [1.29, 1.82) is 0 Å². The Morgan fingerprint density at radius 3 is 1.81 bits per heavy atom. The van der Waals surface area contributed by atoms with Gasteiger partial charge in [0.1, 0.15) is 0 Å². The summed E-state index contributed by atoms with van der Waals surface area (Å²) in [7, 11) is -0.273. The van der Waals surface area contributed by atoms with E-state index in [1.54, 1.807) is 0 Å². The first-order valence-corrected chi connectivity index (χ1v) is 12.3. The van der Waals surface area contributed by atoms with E-state index in [4.69, 9.17) is 8.85 Å². The second-order valence-corrected chi connectivity index (χ2v) is 16.9. The monoisotopic (exact) mass is 333 g/mol. The third kappa shape index (κ3) is 7.41. The Morgan fingerprint density at radius 2 is 1.48 bits per heavy atom. The van der Waals surface area contributed by atoms with E-state index in [1.165, 1.54) is 0 Å². The molecule has 0 amide bonds. The Labute approximate surface area is 136 Å². The Balaban J connectivity index is 4.71. The summed E-state index contributed by atoms with van der Waals surface area (Å²) in [5.74, 6) is 0. The number of hydrogen-bond donors (Lipinski definition) is 1. The minimum Gasteiger partial charge on any atom is -0.417 e. The molecule has 0 rings (SSSR count). The molecule has 0 aliphatic carbocycles. The highest BCUT2D eigenvalue weighted by atomic mass is 28.4. The molecule has 1 unspecified atom stereocenters. The zero-order chi connectivity index (χ0) is 17.1. The Hall–Kier alpha value is 0.314. The van der Waals surface area contributed by atoms with Crippen molar-refractivity contribution < 1.29 is 8.85 Å². The molecule has 1 atom stereocenters. The summed E-state index contributed by atoms with van der Waals surface area (Å²) in [6.07, 6.45) is 0. The van der Waals surface area contributed by atoms with Crippen LogP contribution in [0, 0.1) is 0 Å². The van der Waals surface area contributed by atoms with Gasteiger partial charge in [-0.1, -0.05) is 41.5 Å². The molecular formula is C16H39NO2Si2. The van der Waals surface area contributed by atoms with Crippen molar-refractivity contribution in [3.63, 3.8) is 0 Å². The standard InChI is InChI=1S/C16H39NO2Si2/c1-14(2,3)20-19-16(7,8)13(17-9)12-18-21(10,11)15(4,5)6/h13,17H,12,20H2,1-11H3. The maximum atomic E-state index is 6.38. The van der Waals surface area contributed by atoms with Gasteiger partial charge in [-0.25, -0.2) is 0 Å². The lowest BCUT2D eigenvalue weighted by Crippen LogP contribution is -2.54. The number of likely N-dealkylation sites (N-methyl/N-ethyl adjacent to an activating group) is 1. The molecule has 0 aliphatic heterocycles. The third-order valence-electron chi connectivity index (χ3n) is 4.48. The average molecular weight is 334 g/mol. The van der Waals surface area contributed by atoms with Gasteiger partial charge < -0.3 is 14.2 Å². The van der Waals surface area contributed by atoms with Crippen LogP contribution in [0.1, 0.15) is 55.4 Å². The second-order valence-electron chi connectivity index (χ2n) is 9.37. The van der Waals surface area contributed by atoms with Gasteiger partial charge in [-0.2, -0.15) is 0 Å². The molecule has 128 valence electrons. The van der Waals surface area contributed by atoms with Gasteiger partial charge in [0.2, 0.25) is 0 Å². The molecule has 0 saturated heterocycles. The number of nitrogens with one attached hydrogen (secondary N) is 1. The van der Waals surface area contributed by atoms with Crippen molar-refractivity contribution >= 4 is 18.1 Å². The summed E-state index contributed by atoms with van der Waals surface area (Å²) in [4.78, 5) is 0. The van der Waals surface area contributed by atoms with Crippen LogP contribution in [-0.4, -0.2) is 43.4 Å². The lowest BCUT2D eigenvalue weighted by molar-refractivity contribution is 0.0428. The largest absolute Gasteiger partial charge is 0.417 e. The van der Waals surface area contributed by atoms with E-state index in [2.05, 4.69) is 73.8 Å². The summed E-state index contributed by atoms with van der Waals surface area (Å²) >= 11 is 0. The highest BCUT2D eigenvalue weighted by molar-refractivity contribution is 6.74. The van der Waals surface area contributed by atoms with Crippen LogP contribution in [0.3, 0.4) is 0 Å². The zero-order valence-electron chi connectivity index (χ0n) is 16.3. The Bertz CT molecular complexity index is 317. The summed E-state index contributed by atoms with van der Waals surface area (Å²) in [5.41, 5.74) is -0.184. The van der Waals surface area contributed by atoms with Crippen LogP contribution in [0.15, 0.2) is 0 Å². The Kier molecular flexibility index (Phi) is 7.37. The molecule has 0 aliphatic rings. The van der Waals surface area contributed by atoms with Gasteiger partial charge in [-0.15, -0.1) is 0 Å². The van der Waals surface area contributed by atoms with Gasteiger partial charge in [-0.3, -0.25) is 0 Å². The van der Waals surface area contributed by atoms with Crippen LogP contribution in [0.4, 0.5) is 0 Å². The molecule has 0 aromatic rings. The molecular weight excluding hydrogens is 294 g/mol. The molecule has 0 bridgehead atoms. The normalized spacial score (nSPS) is 16.7. The van der Waals surface area contributed by atoms with Crippen molar-refractivity contribution in [2.24, 2.45) is 0 Å². The molecule has 21 heavy (non-hydrogen) atoms. The molecule has 0 aromatic carbocycles. The predicted molar refractivity (Wildman–Crippen MR) is 99.4 cm³/mol. The zero-order valence-corrected chi connectivity index (χ0v) is 18.7. The lowest BCUT2D eigenvalue weighted by atomic mass is 10.0. The van der Waals surface area contributed by atoms with Crippen molar-refractivity contribution in [3.8, 4) is 0 Å². The third-order valence-corrected chi connectivity index (χ3v) is 10.7. The van der Waals surface area contributed by atoms with Crippen LogP contribution in [0.2, 0.25) is 23.2 Å². The fourth-order valence-corrected chi connectivity index (χ4v) is 3.67. The number of hydrogen-bond acceptors (Lipinski definition) is 3. The topological polar surface area (TPSA) is 30.5 Å². The minimum absolute atomic E-state index is 0.184. The number of rotatable bonds is 7. The maximum absolute atomic E-state index is 6.38. The summed E-state index contributed by atoms with van der Waals surface area (Å²) < 4.78 is 12.7. The van der Waals surface area contributed by atoms with Crippen molar-refractivity contribution in [2.75, 3.05) is 13.7 Å². The first-order valence-electron chi connectivity index (χ1n) is 8.07. The first-order chi connectivity index (χ1) is 9.12. The van der Waals surface area contributed by atoms with Crippen LogP contribution < -0.4 is 5.32 Å². The van der Waals surface area contributed by atoms with Crippen molar-refractivity contribution in [1.82, 2.24) is 5.32 Å². The van der Waals surface area contributed by atoms with Gasteiger partial charge in [0.25, 0.3) is 0 Å². The van der Waals surface area contributed by atoms with E-state index in [9.17, 15) is 0 Å². The summed E-state index contributed by atoms with van der Waals surface area (Å²) in [6.45, 7) is 23.3. The quantitative estimate of drug-likeness (QED) is 0.721. The van der Waals surface area contributed by atoms with Crippen LogP contribution in [0.25, 0.3) is 0 Å².